The van der Waals surface area contributed by atoms with Crippen molar-refractivity contribution in [1.82, 2.24) is 4.72 Å². The molecular formula is C12H18N2O4S. The smallest absolute Gasteiger partial charge is 0.325 e. The molecule has 0 aliphatic carbocycles. The van der Waals surface area contributed by atoms with Gasteiger partial charge < -0.3 is 10.4 Å². The van der Waals surface area contributed by atoms with Crippen molar-refractivity contribution in [2.75, 3.05) is 11.9 Å². The van der Waals surface area contributed by atoms with Crippen molar-refractivity contribution >= 4 is 21.7 Å². The van der Waals surface area contributed by atoms with Crippen LogP contribution in [-0.2, 0) is 14.8 Å². The highest BCUT2D eigenvalue weighted by atomic mass is 32.2. The molecule has 0 spiro atoms. The Morgan fingerprint density at radius 2 is 1.89 bits per heavy atom. The van der Waals surface area contributed by atoms with Gasteiger partial charge in [0.15, 0.2) is 0 Å². The Balaban J connectivity index is 2.79. The lowest BCUT2D eigenvalue weighted by molar-refractivity contribution is -0.137. The number of carbonyl (C=O) groups is 1. The normalized spacial score (nSPS) is 12.9. The van der Waals surface area contributed by atoms with Crippen molar-refractivity contribution in [2.24, 2.45) is 0 Å². The van der Waals surface area contributed by atoms with Gasteiger partial charge in [0.25, 0.3) is 0 Å². The Morgan fingerprint density at radius 1 is 1.32 bits per heavy atom. The summed E-state index contributed by atoms with van der Waals surface area (Å²) in [4.78, 5) is 10.8. The Hall–Kier alpha value is -1.60. The molecule has 0 saturated heterocycles. The zero-order valence-corrected chi connectivity index (χ0v) is 11.7. The zero-order valence-electron chi connectivity index (χ0n) is 10.9. The molecule has 0 aromatic heterocycles. The Kier molecular flexibility index (Phi) is 5.31. The third-order valence-corrected chi connectivity index (χ3v) is 3.94. The maximum Gasteiger partial charge on any atom is 0.325 e. The van der Waals surface area contributed by atoms with Crippen LogP contribution in [0.25, 0.3) is 0 Å². The highest BCUT2D eigenvalue weighted by molar-refractivity contribution is 7.89. The van der Waals surface area contributed by atoms with E-state index in [1.807, 2.05) is 6.92 Å². The molecule has 6 nitrogen and oxygen atoms in total. The molecule has 0 amide bonds. The summed E-state index contributed by atoms with van der Waals surface area (Å²) in [5.41, 5.74) is 0.560. The fourth-order valence-electron chi connectivity index (χ4n) is 1.36. The van der Waals surface area contributed by atoms with Crippen LogP contribution in [0.2, 0.25) is 0 Å². The summed E-state index contributed by atoms with van der Waals surface area (Å²) in [6.07, 6.45) is 0.717. The van der Waals surface area contributed by atoms with Gasteiger partial charge in [-0.15, -0.1) is 0 Å². The van der Waals surface area contributed by atoms with Gasteiger partial charge in [0.2, 0.25) is 10.0 Å². The Labute approximate surface area is 112 Å². The van der Waals surface area contributed by atoms with Crippen molar-refractivity contribution in [2.45, 2.75) is 31.2 Å². The summed E-state index contributed by atoms with van der Waals surface area (Å²) in [5, 5.41) is 11.5. The molecular weight excluding hydrogens is 268 g/mol. The molecule has 0 aliphatic rings. The van der Waals surface area contributed by atoms with Crippen LogP contribution in [0.4, 0.5) is 5.69 Å². The van der Waals surface area contributed by atoms with Gasteiger partial charge in [-0.1, -0.05) is 6.92 Å². The molecule has 7 heteroatoms. The number of sulfonamides is 1. The topological polar surface area (TPSA) is 95.5 Å². The third-order valence-electron chi connectivity index (χ3n) is 2.46. The minimum Gasteiger partial charge on any atom is -0.480 e. The maximum absolute atomic E-state index is 11.8. The van der Waals surface area contributed by atoms with Crippen molar-refractivity contribution < 1.29 is 18.3 Å². The van der Waals surface area contributed by atoms with Crippen molar-refractivity contribution in [3.8, 4) is 0 Å². The van der Waals surface area contributed by atoms with Crippen molar-refractivity contribution in [3.05, 3.63) is 24.3 Å². The molecule has 0 heterocycles. The average Bonchev–Trinajstić information content (AvgIpc) is 2.37. The van der Waals surface area contributed by atoms with Crippen LogP contribution < -0.4 is 10.0 Å². The van der Waals surface area contributed by atoms with E-state index in [0.29, 0.717) is 12.2 Å². The monoisotopic (exact) mass is 286 g/mol. The third kappa shape index (κ3) is 4.53. The van der Waals surface area contributed by atoms with Gasteiger partial charge in [-0.25, -0.2) is 13.1 Å². The van der Waals surface area contributed by atoms with Gasteiger partial charge >= 0.3 is 5.97 Å². The summed E-state index contributed by atoms with van der Waals surface area (Å²) in [6.45, 7) is 3.77. The van der Waals surface area contributed by atoms with Crippen LogP contribution in [0.3, 0.4) is 0 Å². The first-order valence-electron chi connectivity index (χ1n) is 5.96. The fraction of sp³-hybridized carbons (Fsp3) is 0.417. The quantitative estimate of drug-likeness (QED) is 0.701. The van der Waals surface area contributed by atoms with E-state index in [-0.39, 0.29) is 4.90 Å². The lowest BCUT2D eigenvalue weighted by atomic mass is 10.2. The standard InChI is InChI=1S/C12H18N2O4S/c1-3-8-13-19(17,18)11-6-4-10(5-7-11)14-9(2)12(15)16/h4-7,9,13-14H,3,8H2,1-2H3,(H,15,16). The molecule has 19 heavy (non-hydrogen) atoms. The molecule has 1 atom stereocenters. The fourth-order valence-corrected chi connectivity index (χ4v) is 2.50. The van der Waals surface area contributed by atoms with Crippen molar-refractivity contribution in [1.29, 1.82) is 0 Å². The van der Waals surface area contributed by atoms with Gasteiger partial charge in [0, 0.05) is 12.2 Å². The van der Waals surface area contributed by atoms with Gasteiger partial charge in [0.05, 0.1) is 4.90 Å². The second-order valence-electron chi connectivity index (χ2n) is 4.13. The first-order valence-corrected chi connectivity index (χ1v) is 7.44. The second-order valence-corrected chi connectivity index (χ2v) is 5.89. The summed E-state index contributed by atoms with van der Waals surface area (Å²) in [7, 11) is -3.48. The van der Waals surface area contributed by atoms with E-state index in [2.05, 4.69) is 10.0 Å². The number of hydrogen-bond donors (Lipinski definition) is 3. The molecule has 0 bridgehead atoms. The van der Waals surface area contributed by atoms with Gasteiger partial charge in [-0.3, -0.25) is 4.79 Å². The lowest BCUT2D eigenvalue weighted by Crippen LogP contribution is -2.26. The Bertz CT molecular complexity index is 525. The molecule has 0 fully saturated rings. The van der Waals surface area contributed by atoms with Crippen LogP contribution in [-0.4, -0.2) is 32.1 Å². The highest BCUT2D eigenvalue weighted by Crippen LogP contribution is 2.14. The van der Waals surface area contributed by atoms with Gasteiger partial charge in [-0.05, 0) is 37.6 Å². The van der Waals surface area contributed by atoms with E-state index < -0.39 is 22.0 Å². The predicted molar refractivity (Wildman–Crippen MR) is 72.6 cm³/mol. The number of benzene rings is 1. The number of carboxylic acid groups (broad SMARTS) is 1. The number of nitrogens with one attached hydrogen (secondary N) is 2. The van der Waals surface area contributed by atoms with E-state index in [4.69, 9.17) is 5.11 Å². The van der Waals surface area contributed by atoms with E-state index in [9.17, 15) is 13.2 Å². The zero-order chi connectivity index (χ0) is 14.5. The van der Waals surface area contributed by atoms with E-state index in [1.54, 1.807) is 12.1 Å². The first-order chi connectivity index (χ1) is 8.86. The van der Waals surface area contributed by atoms with E-state index in [1.165, 1.54) is 19.1 Å². The van der Waals surface area contributed by atoms with E-state index in [0.717, 1.165) is 6.42 Å². The molecule has 1 rings (SSSR count). The van der Waals surface area contributed by atoms with E-state index >= 15 is 0 Å². The number of aliphatic carboxylic acids is 1. The maximum atomic E-state index is 11.8. The lowest BCUT2D eigenvalue weighted by Gasteiger charge is -2.11. The summed E-state index contributed by atoms with van der Waals surface area (Å²) in [5.74, 6) is -0.971. The van der Waals surface area contributed by atoms with Crippen molar-refractivity contribution in [3.63, 3.8) is 0 Å². The highest BCUT2D eigenvalue weighted by Gasteiger charge is 2.14. The first kappa shape index (κ1) is 15.5. The van der Waals surface area contributed by atoms with Crippen LogP contribution in [0.5, 0.6) is 0 Å². The predicted octanol–water partition coefficient (Wildman–Crippen LogP) is 1.26. The van der Waals surface area contributed by atoms with Crippen LogP contribution in [0.15, 0.2) is 29.2 Å². The second kappa shape index (κ2) is 6.53. The summed E-state index contributed by atoms with van der Waals surface area (Å²) < 4.78 is 26.1. The molecule has 0 aliphatic heterocycles. The molecule has 3 N–H and O–H groups in total. The number of anilines is 1. The molecule has 1 aromatic carbocycles. The summed E-state index contributed by atoms with van der Waals surface area (Å²) in [6, 6.07) is 5.23. The molecule has 1 aromatic rings. The number of hydrogen-bond acceptors (Lipinski definition) is 4. The van der Waals surface area contributed by atoms with Crippen LogP contribution >= 0.6 is 0 Å². The minimum absolute atomic E-state index is 0.162. The van der Waals surface area contributed by atoms with Crippen LogP contribution in [0, 0.1) is 0 Å². The largest absolute Gasteiger partial charge is 0.480 e. The molecule has 0 radical (unpaired) electrons. The minimum atomic E-state index is -3.48. The Morgan fingerprint density at radius 3 is 2.37 bits per heavy atom. The SMILES string of the molecule is CCCNS(=O)(=O)c1ccc(NC(C)C(=O)O)cc1. The number of rotatable bonds is 7. The molecule has 1 unspecified atom stereocenters. The van der Waals surface area contributed by atoms with Gasteiger partial charge in [0.1, 0.15) is 6.04 Å². The number of carboxylic acids is 1. The van der Waals surface area contributed by atoms with Crippen LogP contribution in [0.1, 0.15) is 20.3 Å². The molecule has 0 saturated carbocycles. The summed E-state index contributed by atoms with van der Waals surface area (Å²) >= 11 is 0. The average molecular weight is 286 g/mol. The van der Waals surface area contributed by atoms with Gasteiger partial charge in [-0.2, -0.15) is 0 Å². The molecule has 106 valence electrons.